The van der Waals surface area contributed by atoms with E-state index in [9.17, 15) is 9.90 Å². The van der Waals surface area contributed by atoms with Gasteiger partial charge in [0.2, 0.25) is 11.8 Å². The number of allylic oxidation sites excluding steroid dienone is 1. The summed E-state index contributed by atoms with van der Waals surface area (Å²) in [5, 5.41) is 21.0. The quantitative estimate of drug-likeness (QED) is 0.542. The molecule has 1 aliphatic rings. The summed E-state index contributed by atoms with van der Waals surface area (Å²) in [6.45, 7) is 2.86. The van der Waals surface area contributed by atoms with Gasteiger partial charge in [0.05, 0.1) is 23.3 Å². The molecule has 0 aliphatic carbocycles. The number of carbonyl (C=O) groups is 1. The molecule has 2 aromatic heterocycles. The zero-order valence-electron chi connectivity index (χ0n) is 13.6. The molecule has 3 rings (SSSR count). The Morgan fingerprint density at radius 3 is 3.08 bits per heavy atom. The number of pyridine rings is 1. The average Bonchev–Trinajstić information content (AvgIpc) is 3.08. The molecule has 0 radical (unpaired) electrons. The predicted molar refractivity (Wildman–Crippen MR) is 90.3 cm³/mol. The van der Waals surface area contributed by atoms with Gasteiger partial charge in [-0.2, -0.15) is 9.97 Å². The van der Waals surface area contributed by atoms with Crippen LogP contribution in [0.25, 0.3) is 10.9 Å². The zero-order chi connectivity index (χ0) is 17.8. The summed E-state index contributed by atoms with van der Waals surface area (Å²) in [6, 6.07) is 1.62. The Hall–Kier alpha value is -3.23. The molecule has 0 spiro atoms. The maximum absolute atomic E-state index is 11.3. The van der Waals surface area contributed by atoms with Crippen molar-refractivity contribution in [1.29, 1.82) is 5.41 Å². The van der Waals surface area contributed by atoms with E-state index in [4.69, 9.17) is 10.1 Å². The van der Waals surface area contributed by atoms with Gasteiger partial charge in [-0.3, -0.25) is 9.78 Å². The zero-order valence-corrected chi connectivity index (χ0v) is 13.6. The SMILES string of the molecule is CC(=O)N1CC[C@H](N/C=C(\C=N)Oc2nc(O)c3ccncc3n2)C1. The molecule has 3 N–H and O–H groups in total. The molecule has 1 aliphatic heterocycles. The summed E-state index contributed by atoms with van der Waals surface area (Å²) in [7, 11) is 0. The molecule has 3 heterocycles. The highest BCUT2D eigenvalue weighted by Crippen LogP contribution is 2.23. The summed E-state index contributed by atoms with van der Waals surface area (Å²) >= 11 is 0. The number of fused-ring (bicyclic) bond motifs is 1. The van der Waals surface area contributed by atoms with Crippen molar-refractivity contribution in [2.45, 2.75) is 19.4 Å². The average molecular weight is 342 g/mol. The molecule has 1 atom stereocenters. The van der Waals surface area contributed by atoms with Gasteiger partial charge >= 0.3 is 6.01 Å². The van der Waals surface area contributed by atoms with Gasteiger partial charge in [0.15, 0.2) is 5.76 Å². The van der Waals surface area contributed by atoms with Crippen LogP contribution in [0.2, 0.25) is 0 Å². The standard InChI is InChI=1S/C16H18N6O3/c1-10(23)22-5-3-11(9-22)19-7-12(6-17)25-16-20-14-8-18-4-2-13(14)15(24)21-16/h2,4,6-8,11,17,19H,3,5,9H2,1H3,(H,20,21,24)/b12-7+,17-6?/t11-/m0/s1. The second-order valence-electron chi connectivity index (χ2n) is 5.63. The molecule has 0 bridgehead atoms. The van der Waals surface area contributed by atoms with Crippen LogP contribution in [0.4, 0.5) is 0 Å². The maximum atomic E-state index is 11.3. The Labute approximate surface area is 143 Å². The molecular weight excluding hydrogens is 324 g/mol. The van der Waals surface area contributed by atoms with Gasteiger partial charge in [0, 0.05) is 38.5 Å². The summed E-state index contributed by atoms with van der Waals surface area (Å²) in [4.78, 5) is 25.1. The van der Waals surface area contributed by atoms with Crippen LogP contribution in [0.1, 0.15) is 13.3 Å². The van der Waals surface area contributed by atoms with Crippen LogP contribution >= 0.6 is 0 Å². The highest BCUT2D eigenvalue weighted by Gasteiger charge is 2.23. The largest absolute Gasteiger partial charge is 0.493 e. The second-order valence-corrected chi connectivity index (χ2v) is 5.63. The number of hydrogen-bond acceptors (Lipinski definition) is 8. The van der Waals surface area contributed by atoms with Crippen molar-refractivity contribution >= 4 is 23.0 Å². The number of aromatic hydroxyl groups is 1. The number of carbonyl (C=O) groups excluding carboxylic acids is 1. The number of nitrogens with one attached hydrogen (secondary N) is 2. The lowest BCUT2D eigenvalue weighted by Gasteiger charge is -2.14. The van der Waals surface area contributed by atoms with Crippen molar-refractivity contribution in [2.75, 3.05) is 13.1 Å². The summed E-state index contributed by atoms with van der Waals surface area (Å²) in [5.74, 6) is 0.0157. The topological polar surface area (TPSA) is 124 Å². The first-order chi connectivity index (χ1) is 12.1. The van der Waals surface area contributed by atoms with Crippen LogP contribution in [-0.4, -0.2) is 56.2 Å². The van der Waals surface area contributed by atoms with Gasteiger partial charge in [-0.25, -0.2) is 0 Å². The van der Waals surface area contributed by atoms with E-state index in [1.165, 1.54) is 18.6 Å². The van der Waals surface area contributed by atoms with Crippen molar-refractivity contribution in [3.63, 3.8) is 0 Å². The Kier molecular flexibility index (Phi) is 4.73. The van der Waals surface area contributed by atoms with Crippen LogP contribution < -0.4 is 10.1 Å². The van der Waals surface area contributed by atoms with E-state index in [0.29, 0.717) is 24.0 Å². The number of hydrogen-bond donors (Lipinski definition) is 3. The van der Waals surface area contributed by atoms with Gasteiger partial charge in [0.25, 0.3) is 0 Å². The van der Waals surface area contributed by atoms with E-state index >= 15 is 0 Å². The van der Waals surface area contributed by atoms with Crippen molar-refractivity contribution in [2.24, 2.45) is 0 Å². The van der Waals surface area contributed by atoms with Gasteiger partial charge in [-0.05, 0) is 12.5 Å². The highest BCUT2D eigenvalue weighted by molar-refractivity contribution is 5.82. The molecule has 1 saturated heterocycles. The first-order valence-electron chi connectivity index (χ1n) is 7.77. The summed E-state index contributed by atoms with van der Waals surface area (Å²) in [5.41, 5.74) is 0.440. The third-order valence-electron chi connectivity index (χ3n) is 3.90. The molecule has 0 unspecified atom stereocenters. The number of likely N-dealkylation sites (tertiary alicyclic amines) is 1. The molecule has 25 heavy (non-hydrogen) atoms. The lowest BCUT2D eigenvalue weighted by molar-refractivity contribution is -0.127. The monoisotopic (exact) mass is 342 g/mol. The third kappa shape index (κ3) is 3.82. The minimum absolute atomic E-state index is 0.0467. The molecule has 1 fully saturated rings. The Morgan fingerprint density at radius 1 is 1.52 bits per heavy atom. The Bertz CT molecular complexity index is 838. The third-order valence-corrected chi connectivity index (χ3v) is 3.90. The van der Waals surface area contributed by atoms with Crippen LogP contribution in [0.3, 0.4) is 0 Å². The fourth-order valence-electron chi connectivity index (χ4n) is 2.58. The summed E-state index contributed by atoms with van der Waals surface area (Å²) in [6.07, 6.45) is 6.39. The van der Waals surface area contributed by atoms with Crippen molar-refractivity contribution in [3.05, 3.63) is 30.4 Å². The molecule has 9 nitrogen and oxygen atoms in total. The maximum Gasteiger partial charge on any atom is 0.326 e. The fourth-order valence-corrected chi connectivity index (χ4v) is 2.58. The molecule has 2 aromatic rings. The Morgan fingerprint density at radius 2 is 2.36 bits per heavy atom. The van der Waals surface area contributed by atoms with Crippen molar-refractivity contribution < 1.29 is 14.6 Å². The van der Waals surface area contributed by atoms with E-state index < -0.39 is 0 Å². The van der Waals surface area contributed by atoms with Gasteiger partial charge < -0.3 is 25.5 Å². The number of rotatable bonds is 5. The van der Waals surface area contributed by atoms with E-state index in [2.05, 4.69) is 20.3 Å². The smallest absolute Gasteiger partial charge is 0.326 e. The lowest BCUT2D eigenvalue weighted by Crippen LogP contribution is -2.32. The molecule has 0 saturated carbocycles. The van der Waals surface area contributed by atoms with E-state index in [1.54, 1.807) is 17.9 Å². The van der Waals surface area contributed by atoms with Gasteiger partial charge in [-0.1, -0.05) is 0 Å². The Balaban J connectivity index is 1.70. The van der Waals surface area contributed by atoms with Crippen LogP contribution in [0, 0.1) is 5.41 Å². The number of ether oxygens (including phenoxy) is 1. The van der Waals surface area contributed by atoms with Crippen LogP contribution in [0.5, 0.6) is 11.9 Å². The van der Waals surface area contributed by atoms with Crippen molar-refractivity contribution in [1.82, 2.24) is 25.2 Å². The first-order valence-corrected chi connectivity index (χ1v) is 7.77. The second kappa shape index (κ2) is 7.12. The lowest BCUT2D eigenvalue weighted by atomic mass is 10.3. The van der Waals surface area contributed by atoms with E-state index in [1.807, 2.05) is 0 Å². The van der Waals surface area contributed by atoms with Gasteiger partial charge in [-0.15, -0.1) is 0 Å². The number of nitrogens with zero attached hydrogens (tertiary/aromatic N) is 4. The van der Waals surface area contributed by atoms with Crippen LogP contribution in [0.15, 0.2) is 30.4 Å². The number of aromatic nitrogens is 3. The predicted octanol–water partition coefficient (Wildman–Crippen LogP) is 0.811. The van der Waals surface area contributed by atoms with Gasteiger partial charge in [0.1, 0.15) is 0 Å². The number of amides is 1. The summed E-state index contributed by atoms with van der Waals surface area (Å²) < 4.78 is 5.45. The first kappa shape index (κ1) is 16.6. The minimum atomic E-state index is -0.215. The molecule has 1 amide bonds. The molecular formula is C16H18N6O3. The normalized spacial score (nSPS) is 17.6. The molecule has 130 valence electrons. The molecule has 9 heteroatoms. The highest BCUT2D eigenvalue weighted by atomic mass is 16.5. The van der Waals surface area contributed by atoms with Crippen LogP contribution in [-0.2, 0) is 4.79 Å². The minimum Gasteiger partial charge on any atom is -0.493 e. The fraction of sp³-hybridized carbons (Fsp3) is 0.312. The molecule has 0 aromatic carbocycles. The van der Waals surface area contributed by atoms with Crippen molar-refractivity contribution in [3.8, 4) is 11.9 Å². The van der Waals surface area contributed by atoms with E-state index in [-0.39, 0.29) is 29.6 Å². The van der Waals surface area contributed by atoms with E-state index in [0.717, 1.165) is 12.6 Å².